The fraction of sp³-hybridized carbons (Fsp3) is 0.538. The van der Waals surface area contributed by atoms with Gasteiger partial charge in [0.2, 0.25) is 0 Å². The quantitative estimate of drug-likeness (QED) is 0.648. The van der Waals surface area contributed by atoms with Crippen LogP contribution in [-0.4, -0.2) is 25.3 Å². The number of methoxy groups -OCH3 is 1. The third-order valence-electron chi connectivity index (χ3n) is 8.40. The molecule has 0 radical (unpaired) electrons. The van der Waals surface area contributed by atoms with Crippen molar-refractivity contribution in [3.63, 3.8) is 0 Å². The highest BCUT2D eigenvalue weighted by molar-refractivity contribution is 5.93. The molecule has 3 heteroatoms. The molecule has 5 atom stereocenters. The highest BCUT2D eigenvalue weighted by atomic mass is 16.5. The van der Waals surface area contributed by atoms with Crippen molar-refractivity contribution in [2.24, 2.45) is 17.3 Å². The van der Waals surface area contributed by atoms with Crippen LogP contribution in [0.5, 0.6) is 0 Å². The van der Waals surface area contributed by atoms with Gasteiger partial charge in [-0.2, -0.15) is 0 Å². The van der Waals surface area contributed by atoms with Gasteiger partial charge in [-0.3, -0.25) is 9.59 Å². The van der Waals surface area contributed by atoms with E-state index in [1.807, 2.05) is 25.3 Å². The van der Waals surface area contributed by atoms with Gasteiger partial charge in [0.05, 0.1) is 6.10 Å². The van der Waals surface area contributed by atoms with Crippen molar-refractivity contribution < 1.29 is 14.3 Å². The van der Waals surface area contributed by atoms with Crippen molar-refractivity contribution in [2.75, 3.05) is 7.11 Å². The Morgan fingerprint density at radius 2 is 1.86 bits per heavy atom. The van der Waals surface area contributed by atoms with Crippen molar-refractivity contribution in [1.82, 2.24) is 0 Å². The van der Waals surface area contributed by atoms with Gasteiger partial charge in [0, 0.05) is 25.0 Å². The maximum Gasteiger partial charge on any atom is 0.156 e. The number of allylic oxidation sites excluding steroid dienone is 4. The zero-order valence-corrected chi connectivity index (χ0v) is 17.4. The molecule has 0 amide bonds. The molecular formula is C26H30O3. The van der Waals surface area contributed by atoms with E-state index in [0.717, 1.165) is 44.0 Å². The normalized spacial score (nSPS) is 36.2. The molecule has 2 unspecified atom stereocenters. The fourth-order valence-corrected chi connectivity index (χ4v) is 7.11. The number of ketones is 1. The monoisotopic (exact) mass is 390 g/mol. The number of fused-ring (bicyclic) bond motifs is 4. The summed E-state index contributed by atoms with van der Waals surface area (Å²) in [4.78, 5) is 23.2. The number of hydrogen-bond donors (Lipinski definition) is 0. The Hall–Kier alpha value is -2.00. The van der Waals surface area contributed by atoms with E-state index in [4.69, 9.17) is 4.74 Å². The first-order valence-electron chi connectivity index (χ1n) is 11.1. The van der Waals surface area contributed by atoms with Gasteiger partial charge >= 0.3 is 0 Å². The Bertz CT molecular complexity index is 906. The standard InChI is InChI=1S/C26H30O3/c1-26-14-22(17-5-3-16(15-27)4-6-17)25-20-10-8-19(28)13-18(20)7-9-21(25)23(26)11-12-24(26)29-2/h3-6,13,15,21-24H,7-12,14H2,1-2H3/t21?,22-,23?,24+,26+/m1/s1. The second-order valence-electron chi connectivity index (χ2n) is 9.67. The van der Waals surface area contributed by atoms with E-state index in [1.54, 1.807) is 5.57 Å². The lowest BCUT2D eigenvalue weighted by Gasteiger charge is -2.52. The number of carbonyl (C=O) groups is 2. The van der Waals surface area contributed by atoms with E-state index in [0.29, 0.717) is 30.3 Å². The van der Waals surface area contributed by atoms with Crippen LogP contribution < -0.4 is 0 Å². The zero-order chi connectivity index (χ0) is 20.2. The van der Waals surface area contributed by atoms with Gasteiger partial charge in [0.15, 0.2) is 5.78 Å². The van der Waals surface area contributed by atoms with Gasteiger partial charge in [0.25, 0.3) is 0 Å². The number of ether oxygens (including phenoxy) is 1. The van der Waals surface area contributed by atoms with E-state index in [2.05, 4.69) is 19.1 Å². The predicted molar refractivity (Wildman–Crippen MR) is 113 cm³/mol. The Morgan fingerprint density at radius 3 is 2.59 bits per heavy atom. The molecule has 0 spiro atoms. The van der Waals surface area contributed by atoms with Crippen LogP contribution in [0.1, 0.15) is 73.7 Å². The van der Waals surface area contributed by atoms with Crippen LogP contribution in [0.4, 0.5) is 0 Å². The van der Waals surface area contributed by atoms with E-state index >= 15 is 0 Å². The summed E-state index contributed by atoms with van der Waals surface area (Å²) >= 11 is 0. The highest BCUT2D eigenvalue weighted by Crippen LogP contribution is 2.64. The molecule has 0 saturated heterocycles. The number of carbonyl (C=O) groups excluding carboxylic acids is 2. The minimum Gasteiger partial charge on any atom is -0.381 e. The molecule has 1 aromatic carbocycles. The van der Waals surface area contributed by atoms with Crippen molar-refractivity contribution in [1.29, 1.82) is 0 Å². The summed E-state index contributed by atoms with van der Waals surface area (Å²) < 4.78 is 5.99. The summed E-state index contributed by atoms with van der Waals surface area (Å²) in [5, 5.41) is 0. The van der Waals surface area contributed by atoms with Crippen LogP contribution >= 0.6 is 0 Å². The second-order valence-corrected chi connectivity index (χ2v) is 9.67. The van der Waals surface area contributed by atoms with Crippen LogP contribution in [0, 0.1) is 17.3 Å². The van der Waals surface area contributed by atoms with Crippen molar-refractivity contribution in [3.05, 3.63) is 58.2 Å². The zero-order valence-electron chi connectivity index (χ0n) is 17.4. The van der Waals surface area contributed by atoms with Gasteiger partial charge in [-0.25, -0.2) is 0 Å². The summed E-state index contributed by atoms with van der Waals surface area (Å²) in [6.45, 7) is 2.45. The molecule has 0 N–H and O–H groups in total. The van der Waals surface area contributed by atoms with Crippen molar-refractivity contribution in [3.8, 4) is 0 Å². The molecule has 0 heterocycles. The minimum atomic E-state index is 0.184. The molecule has 2 saturated carbocycles. The van der Waals surface area contributed by atoms with Crippen molar-refractivity contribution >= 4 is 12.1 Å². The van der Waals surface area contributed by atoms with Crippen LogP contribution in [0.3, 0.4) is 0 Å². The largest absolute Gasteiger partial charge is 0.381 e. The second kappa shape index (κ2) is 7.05. The highest BCUT2D eigenvalue weighted by Gasteiger charge is 2.56. The number of benzene rings is 1. The predicted octanol–water partition coefficient (Wildman–Crippen LogP) is 5.41. The summed E-state index contributed by atoms with van der Waals surface area (Å²) in [6.07, 6.45) is 10.4. The Labute approximate surface area is 173 Å². The summed E-state index contributed by atoms with van der Waals surface area (Å²) in [5.41, 5.74) is 6.60. The SMILES string of the molecule is CO[C@H]1CCC2C3CCC4=CC(=O)CCC4=C3[C@@H](c3ccc(C=O)cc3)C[C@@]21C. The van der Waals surface area contributed by atoms with E-state index in [9.17, 15) is 9.59 Å². The molecule has 0 aliphatic heterocycles. The summed E-state index contributed by atoms with van der Waals surface area (Å²) in [7, 11) is 1.87. The maximum absolute atomic E-state index is 12.1. The Morgan fingerprint density at radius 1 is 1.07 bits per heavy atom. The van der Waals surface area contributed by atoms with Gasteiger partial charge in [-0.1, -0.05) is 36.8 Å². The first-order chi connectivity index (χ1) is 14.0. The van der Waals surface area contributed by atoms with Gasteiger partial charge in [-0.15, -0.1) is 0 Å². The van der Waals surface area contributed by atoms with E-state index in [1.165, 1.54) is 23.1 Å². The molecule has 29 heavy (non-hydrogen) atoms. The van der Waals surface area contributed by atoms with Crippen molar-refractivity contribution in [2.45, 2.75) is 63.9 Å². The number of aldehydes is 1. The third kappa shape index (κ3) is 2.89. The van der Waals surface area contributed by atoms with Crippen LogP contribution in [0.25, 0.3) is 0 Å². The molecule has 1 aromatic rings. The Kier molecular flexibility index (Phi) is 4.62. The molecule has 3 nitrogen and oxygen atoms in total. The first-order valence-corrected chi connectivity index (χ1v) is 11.1. The Balaban J connectivity index is 1.66. The molecule has 2 fully saturated rings. The van der Waals surface area contributed by atoms with Gasteiger partial charge in [-0.05, 0) is 78.6 Å². The molecule has 5 rings (SSSR count). The average Bonchev–Trinajstić information content (AvgIpc) is 3.08. The molecular weight excluding hydrogens is 360 g/mol. The lowest BCUT2D eigenvalue weighted by molar-refractivity contribution is -0.114. The number of hydrogen-bond acceptors (Lipinski definition) is 3. The van der Waals surface area contributed by atoms with Gasteiger partial charge in [0.1, 0.15) is 6.29 Å². The lowest BCUT2D eigenvalue weighted by Crippen LogP contribution is -2.45. The van der Waals surface area contributed by atoms with E-state index < -0.39 is 0 Å². The smallest absolute Gasteiger partial charge is 0.156 e. The van der Waals surface area contributed by atoms with E-state index in [-0.39, 0.29) is 11.2 Å². The third-order valence-corrected chi connectivity index (χ3v) is 8.40. The van der Waals surface area contributed by atoms with Gasteiger partial charge < -0.3 is 4.74 Å². The van der Waals surface area contributed by atoms with Crippen LogP contribution in [0.15, 0.2) is 47.1 Å². The summed E-state index contributed by atoms with van der Waals surface area (Å²) in [5.74, 6) is 1.89. The average molecular weight is 391 g/mol. The molecule has 4 aliphatic carbocycles. The maximum atomic E-state index is 12.1. The topological polar surface area (TPSA) is 43.4 Å². The van der Waals surface area contributed by atoms with Crippen LogP contribution in [-0.2, 0) is 9.53 Å². The minimum absolute atomic E-state index is 0.184. The molecule has 4 aliphatic rings. The van der Waals surface area contributed by atoms with Crippen LogP contribution in [0.2, 0.25) is 0 Å². The lowest BCUT2D eigenvalue weighted by atomic mass is 9.53. The molecule has 0 aromatic heterocycles. The summed E-state index contributed by atoms with van der Waals surface area (Å²) in [6, 6.07) is 8.18. The fourth-order valence-electron chi connectivity index (χ4n) is 7.11. The first kappa shape index (κ1) is 19.0. The number of rotatable bonds is 3. The molecule has 0 bridgehead atoms. The molecule has 152 valence electrons.